The van der Waals surface area contributed by atoms with Crippen molar-refractivity contribution in [1.82, 2.24) is 9.88 Å². The molecule has 0 aliphatic heterocycles. The Kier molecular flexibility index (Phi) is 6.50. The lowest BCUT2D eigenvalue weighted by atomic mass is 9.89. The molecule has 2 N–H and O–H groups in total. The number of aryl methyl sites for hydroxylation is 1. The van der Waals surface area contributed by atoms with Gasteiger partial charge in [0.25, 0.3) is 5.91 Å². The molecule has 0 atom stereocenters. The summed E-state index contributed by atoms with van der Waals surface area (Å²) in [4.78, 5) is 13.2. The molecule has 2 aliphatic carbocycles. The molecule has 2 saturated carbocycles. The minimum absolute atomic E-state index is 0.0690. The Bertz CT molecular complexity index is 887. The van der Waals surface area contributed by atoms with Crippen LogP contribution in [0.15, 0.2) is 24.3 Å². The van der Waals surface area contributed by atoms with Gasteiger partial charge in [-0.2, -0.15) is 0 Å². The molecule has 1 aromatic heterocycles. The third-order valence-corrected chi connectivity index (χ3v) is 7.20. The summed E-state index contributed by atoms with van der Waals surface area (Å²) in [6, 6.07) is 7.93. The van der Waals surface area contributed by atoms with E-state index in [-0.39, 0.29) is 11.7 Å². The summed E-state index contributed by atoms with van der Waals surface area (Å²) in [6.45, 7) is 5.10. The minimum atomic E-state index is 0.0690. The molecule has 0 saturated heterocycles. The van der Waals surface area contributed by atoms with Crippen molar-refractivity contribution in [2.75, 3.05) is 0 Å². The highest BCUT2D eigenvalue weighted by Crippen LogP contribution is 2.34. The lowest BCUT2D eigenvalue weighted by Crippen LogP contribution is -2.36. The lowest BCUT2D eigenvalue weighted by molar-refractivity contribution is 0.0927. The van der Waals surface area contributed by atoms with Gasteiger partial charge in [-0.1, -0.05) is 38.5 Å². The van der Waals surface area contributed by atoms with E-state index in [1.165, 1.54) is 51.4 Å². The van der Waals surface area contributed by atoms with Crippen molar-refractivity contribution in [1.29, 1.82) is 0 Å². The Balaban J connectivity index is 1.67. The second-order valence-electron chi connectivity index (χ2n) is 9.45. The predicted octanol–water partition coefficient (Wildman–Crippen LogP) is 6.12. The van der Waals surface area contributed by atoms with E-state index >= 15 is 0 Å². The van der Waals surface area contributed by atoms with Gasteiger partial charge in [0.05, 0.1) is 5.56 Å². The zero-order valence-corrected chi connectivity index (χ0v) is 18.5. The number of aromatic nitrogens is 1. The predicted molar refractivity (Wildman–Crippen MR) is 122 cm³/mol. The van der Waals surface area contributed by atoms with Crippen molar-refractivity contribution >= 4 is 5.91 Å². The molecule has 4 rings (SSSR count). The van der Waals surface area contributed by atoms with Gasteiger partial charge in [0.2, 0.25) is 0 Å². The molecule has 1 aromatic carbocycles. The Morgan fingerprint density at radius 2 is 1.67 bits per heavy atom. The number of benzene rings is 1. The molecular formula is C26H36N2O2. The summed E-state index contributed by atoms with van der Waals surface area (Å²) >= 11 is 0. The smallest absolute Gasteiger partial charge is 0.253 e. The highest BCUT2D eigenvalue weighted by molar-refractivity contribution is 5.97. The van der Waals surface area contributed by atoms with Crippen LogP contribution >= 0.6 is 0 Å². The summed E-state index contributed by atoms with van der Waals surface area (Å²) in [5, 5.41) is 13.2. The number of rotatable bonds is 5. The minimum Gasteiger partial charge on any atom is -0.508 e. The molecule has 162 valence electrons. The van der Waals surface area contributed by atoms with Gasteiger partial charge in [0.1, 0.15) is 5.75 Å². The maximum Gasteiger partial charge on any atom is 0.253 e. The van der Waals surface area contributed by atoms with E-state index in [1.54, 1.807) is 6.07 Å². The topological polar surface area (TPSA) is 54.3 Å². The quantitative estimate of drug-likeness (QED) is 0.626. The van der Waals surface area contributed by atoms with Crippen LogP contribution in [0.25, 0.3) is 11.3 Å². The number of amides is 1. The number of nitrogens with zero attached hydrogens (tertiary/aromatic N) is 1. The number of hydrogen-bond donors (Lipinski definition) is 2. The van der Waals surface area contributed by atoms with Gasteiger partial charge in [0, 0.05) is 29.5 Å². The number of phenolic OH excluding ortho intramolecular Hbond substituents is 1. The lowest BCUT2D eigenvalue weighted by Gasteiger charge is -2.25. The first-order valence-corrected chi connectivity index (χ1v) is 11.8. The molecule has 1 amide bonds. The third-order valence-electron chi connectivity index (χ3n) is 7.20. The molecule has 4 heteroatoms. The van der Waals surface area contributed by atoms with Crippen LogP contribution in [-0.4, -0.2) is 21.6 Å². The SMILES string of the molecule is Cc1cc(O)ccc1-c1cc(C(=O)NC2CCCCC2)c(C)n1CC1CCCCC1. The van der Waals surface area contributed by atoms with Crippen molar-refractivity contribution in [2.45, 2.75) is 90.6 Å². The number of aromatic hydroxyl groups is 1. The first-order chi connectivity index (χ1) is 14.5. The van der Waals surface area contributed by atoms with Crippen LogP contribution in [0.5, 0.6) is 5.75 Å². The van der Waals surface area contributed by atoms with Gasteiger partial charge in [-0.3, -0.25) is 4.79 Å². The van der Waals surface area contributed by atoms with Crippen LogP contribution in [0.3, 0.4) is 0 Å². The zero-order chi connectivity index (χ0) is 21.1. The third kappa shape index (κ3) is 4.58. The van der Waals surface area contributed by atoms with Gasteiger partial charge in [0.15, 0.2) is 0 Å². The maximum absolute atomic E-state index is 13.2. The van der Waals surface area contributed by atoms with E-state index in [0.29, 0.717) is 12.0 Å². The standard InChI is InChI=1S/C26H36N2O2/c1-18-15-22(29)13-14-23(18)25-16-24(26(30)27-21-11-7-4-8-12-21)19(2)28(25)17-20-9-5-3-6-10-20/h13-16,20-21,29H,3-12,17H2,1-2H3,(H,27,30). The summed E-state index contributed by atoms with van der Waals surface area (Å²) in [7, 11) is 0. The van der Waals surface area contributed by atoms with Crippen molar-refractivity contribution in [3.63, 3.8) is 0 Å². The van der Waals surface area contributed by atoms with E-state index in [9.17, 15) is 9.90 Å². The molecule has 0 radical (unpaired) electrons. The molecule has 30 heavy (non-hydrogen) atoms. The fraction of sp³-hybridized carbons (Fsp3) is 0.577. The number of phenols is 1. The van der Waals surface area contributed by atoms with E-state index in [4.69, 9.17) is 0 Å². The average molecular weight is 409 g/mol. The molecule has 0 bridgehead atoms. The van der Waals surface area contributed by atoms with E-state index in [1.807, 2.05) is 19.1 Å². The average Bonchev–Trinajstić information content (AvgIpc) is 3.06. The molecule has 2 aliphatic rings. The Hall–Kier alpha value is -2.23. The van der Waals surface area contributed by atoms with Crippen LogP contribution in [0.1, 0.15) is 85.8 Å². The first kappa shape index (κ1) is 21.0. The van der Waals surface area contributed by atoms with E-state index in [2.05, 4.69) is 22.9 Å². The van der Waals surface area contributed by atoms with Gasteiger partial charge >= 0.3 is 0 Å². The van der Waals surface area contributed by atoms with Gasteiger partial charge in [-0.25, -0.2) is 0 Å². The number of hydrogen-bond acceptors (Lipinski definition) is 2. The van der Waals surface area contributed by atoms with Crippen molar-refractivity contribution < 1.29 is 9.90 Å². The Labute approximate surface area is 180 Å². The highest BCUT2D eigenvalue weighted by Gasteiger charge is 2.24. The molecule has 2 fully saturated rings. The number of carbonyl (C=O) groups excluding carboxylic acids is 1. The van der Waals surface area contributed by atoms with E-state index < -0.39 is 0 Å². The molecule has 1 heterocycles. The fourth-order valence-corrected chi connectivity index (χ4v) is 5.41. The Morgan fingerprint density at radius 1 is 1.00 bits per heavy atom. The summed E-state index contributed by atoms with van der Waals surface area (Å²) < 4.78 is 2.37. The van der Waals surface area contributed by atoms with Crippen LogP contribution in [0.2, 0.25) is 0 Å². The molecule has 2 aromatic rings. The summed E-state index contributed by atoms with van der Waals surface area (Å²) in [5.74, 6) is 1.03. The van der Waals surface area contributed by atoms with Crippen LogP contribution in [0, 0.1) is 19.8 Å². The van der Waals surface area contributed by atoms with Gasteiger partial charge in [-0.15, -0.1) is 0 Å². The highest BCUT2D eigenvalue weighted by atomic mass is 16.3. The van der Waals surface area contributed by atoms with Gasteiger partial charge < -0.3 is 15.0 Å². The van der Waals surface area contributed by atoms with Crippen molar-refractivity contribution in [2.24, 2.45) is 5.92 Å². The van der Waals surface area contributed by atoms with Crippen LogP contribution < -0.4 is 5.32 Å². The zero-order valence-electron chi connectivity index (χ0n) is 18.5. The normalized spacial score (nSPS) is 18.5. The maximum atomic E-state index is 13.2. The second-order valence-corrected chi connectivity index (χ2v) is 9.45. The molecule has 4 nitrogen and oxygen atoms in total. The first-order valence-electron chi connectivity index (χ1n) is 11.8. The molecule has 0 spiro atoms. The Morgan fingerprint density at radius 3 is 2.33 bits per heavy atom. The monoisotopic (exact) mass is 408 g/mol. The van der Waals surface area contributed by atoms with Crippen LogP contribution in [-0.2, 0) is 6.54 Å². The fourth-order valence-electron chi connectivity index (χ4n) is 5.41. The molecular weight excluding hydrogens is 372 g/mol. The molecule has 0 unspecified atom stereocenters. The van der Waals surface area contributed by atoms with Crippen molar-refractivity contribution in [3.05, 3.63) is 41.1 Å². The largest absolute Gasteiger partial charge is 0.508 e. The summed E-state index contributed by atoms with van der Waals surface area (Å²) in [5.41, 5.74) is 5.11. The van der Waals surface area contributed by atoms with Crippen molar-refractivity contribution in [3.8, 4) is 17.0 Å². The van der Waals surface area contributed by atoms with Crippen LogP contribution in [0.4, 0.5) is 0 Å². The van der Waals surface area contributed by atoms with Gasteiger partial charge in [-0.05, 0) is 75.3 Å². The summed E-state index contributed by atoms with van der Waals surface area (Å²) in [6.07, 6.45) is 12.4. The number of carbonyl (C=O) groups is 1. The second kappa shape index (κ2) is 9.28. The number of nitrogens with one attached hydrogen (secondary N) is 1. The van der Waals surface area contributed by atoms with E-state index in [0.717, 1.165) is 47.5 Å².